The quantitative estimate of drug-likeness (QED) is 0.560. The topological polar surface area (TPSA) is 18.5 Å². The smallest absolute Gasteiger partial charge is 0.172 e. The maximum absolute atomic E-state index is 6.01. The lowest BCUT2D eigenvalue weighted by atomic mass is 9.78. The molecular weight excluding hydrogens is 188 g/mol. The normalized spacial score (nSPS) is 61.3. The third-order valence-corrected chi connectivity index (χ3v) is 5.81. The number of ether oxygens (including phenoxy) is 2. The van der Waals surface area contributed by atoms with Crippen molar-refractivity contribution in [3.8, 4) is 0 Å². The van der Waals surface area contributed by atoms with Crippen LogP contribution in [0, 0.1) is 35.5 Å². The number of fused-ring (bicyclic) bond motifs is 3. The molecule has 3 saturated carbocycles. The van der Waals surface area contributed by atoms with Crippen LogP contribution in [0.3, 0.4) is 0 Å². The Labute approximate surface area is 89.6 Å². The first-order chi connectivity index (χ1) is 7.39. The molecule has 0 amide bonds. The summed E-state index contributed by atoms with van der Waals surface area (Å²) in [5.74, 6) is 4.97. The highest BCUT2D eigenvalue weighted by atomic mass is 16.7. The van der Waals surface area contributed by atoms with Crippen LogP contribution in [0.5, 0.6) is 0 Å². The van der Waals surface area contributed by atoms with Gasteiger partial charge in [0.05, 0.1) is 13.2 Å². The van der Waals surface area contributed by atoms with Crippen LogP contribution >= 0.6 is 0 Å². The van der Waals surface area contributed by atoms with Gasteiger partial charge < -0.3 is 9.47 Å². The van der Waals surface area contributed by atoms with Crippen molar-refractivity contribution in [3.05, 3.63) is 12.2 Å². The molecule has 2 nitrogen and oxygen atoms in total. The van der Waals surface area contributed by atoms with Crippen molar-refractivity contribution in [3.63, 3.8) is 0 Å². The first-order valence-corrected chi connectivity index (χ1v) is 6.35. The summed E-state index contributed by atoms with van der Waals surface area (Å²) in [6.45, 7) is 1.64. The highest BCUT2D eigenvalue weighted by Crippen LogP contribution is 2.72. The maximum atomic E-state index is 6.01. The molecule has 4 fully saturated rings. The van der Waals surface area contributed by atoms with Crippen molar-refractivity contribution in [1.29, 1.82) is 0 Å². The second kappa shape index (κ2) is 2.18. The van der Waals surface area contributed by atoms with E-state index in [-0.39, 0.29) is 5.79 Å². The summed E-state index contributed by atoms with van der Waals surface area (Å²) in [5, 5.41) is 0. The highest BCUT2D eigenvalue weighted by molar-refractivity contribution is 5.27. The molecule has 0 unspecified atom stereocenters. The molecule has 5 aliphatic rings. The first-order valence-electron chi connectivity index (χ1n) is 6.35. The minimum atomic E-state index is -0.145. The summed E-state index contributed by atoms with van der Waals surface area (Å²) in [6, 6.07) is 0. The molecule has 0 radical (unpaired) electrons. The van der Waals surface area contributed by atoms with Crippen LogP contribution in [-0.4, -0.2) is 19.0 Å². The molecule has 6 atom stereocenters. The SMILES string of the molecule is C1=C[C@H]2[C@@H]3C[C@@H]4[C@H]2CC2(OCCO2)[C@@H]4[C@H]13. The van der Waals surface area contributed by atoms with Gasteiger partial charge in [-0.15, -0.1) is 0 Å². The van der Waals surface area contributed by atoms with E-state index in [0.29, 0.717) is 5.92 Å². The van der Waals surface area contributed by atoms with Gasteiger partial charge in [0.1, 0.15) is 0 Å². The zero-order valence-corrected chi connectivity index (χ0v) is 8.76. The van der Waals surface area contributed by atoms with E-state index >= 15 is 0 Å². The van der Waals surface area contributed by atoms with Gasteiger partial charge in [-0.25, -0.2) is 0 Å². The van der Waals surface area contributed by atoms with Crippen LogP contribution in [0.4, 0.5) is 0 Å². The third-order valence-electron chi connectivity index (χ3n) is 5.81. The second-order valence-corrected chi connectivity index (χ2v) is 6.01. The van der Waals surface area contributed by atoms with Gasteiger partial charge in [-0.3, -0.25) is 0 Å². The first kappa shape index (κ1) is 7.86. The van der Waals surface area contributed by atoms with E-state index in [2.05, 4.69) is 12.2 Å². The Balaban J connectivity index is 1.69. The van der Waals surface area contributed by atoms with Crippen molar-refractivity contribution >= 4 is 0 Å². The Morgan fingerprint density at radius 2 is 1.73 bits per heavy atom. The number of hydrogen-bond donors (Lipinski definition) is 0. The van der Waals surface area contributed by atoms with E-state index in [1.54, 1.807) is 0 Å². The molecular formula is C13H16O2. The lowest BCUT2D eigenvalue weighted by Gasteiger charge is -2.32. The van der Waals surface area contributed by atoms with Gasteiger partial charge in [0.25, 0.3) is 0 Å². The van der Waals surface area contributed by atoms with Crippen LogP contribution < -0.4 is 0 Å². The van der Waals surface area contributed by atoms with Gasteiger partial charge in [0, 0.05) is 12.3 Å². The molecule has 15 heavy (non-hydrogen) atoms. The van der Waals surface area contributed by atoms with Crippen molar-refractivity contribution in [2.24, 2.45) is 35.5 Å². The Hall–Kier alpha value is -0.340. The lowest BCUT2D eigenvalue weighted by molar-refractivity contribution is -0.189. The Kier molecular flexibility index (Phi) is 1.14. The fourth-order valence-electron chi connectivity index (χ4n) is 5.58. The van der Waals surface area contributed by atoms with Crippen molar-refractivity contribution in [2.75, 3.05) is 13.2 Å². The van der Waals surface area contributed by atoms with Crippen molar-refractivity contribution < 1.29 is 9.47 Å². The summed E-state index contributed by atoms with van der Waals surface area (Å²) in [5.41, 5.74) is 0. The van der Waals surface area contributed by atoms with Gasteiger partial charge in [-0.05, 0) is 36.0 Å². The average molecular weight is 204 g/mol. The molecule has 0 aromatic rings. The molecule has 5 rings (SSSR count). The Morgan fingerprint density at radius 1 is 0.933 bits per heavy atom. The van der Waals surface area contributed by atoms with Gasteiger partial charge >= 0.3 is 0 Å². The predicted octanol–water partition coefficient (Wildman–Crippen LogP) is 1.82. The van der Waals surface area contributed by atoms with E-state index in [9.17, 15) is 0 Å². The third kappa shape index (κ3) is 0.670. The molecule has 0 N–H and O–H groups in total. The van der Waals surface area contributed by atoms with Gasteiger partial charge in [-0.1, -0.05) is 12.2 Å². The predicted molar refractivity (Wildman–Crippen MR) is 53.9 cm³/mol. The number of hydrogen-bond acceptors (Lipinski definition) is 2. The largest absolute Gasteiger partial charge is 0.347 e. The molecule has 0 aromatic carbocycles. The van der Waals surface area contributed by atoms with Crippen LogP contribution in [0.15, 0.2) is 12.2 Å². The fraction of sp³-hybridized carbons (Fsp3) is 0.846. The fourth-order valence-corrected chi connectivity index (χ4v) is 5.58. The van der Waals surface area contributed by atoms with Crippen LogP contribution in [0.25, 0.3) is 0 Å². The van der Waals surface area contributed by atoms with E-state index < -0.39 is 0 Å². The molecule has 80 valence electrons. The number of allylic oxidation sites excluding steroid dienone is 2. The summed E-state index contributed by atoms with van der Waals surface area (Å²) in [7, 11) is 0. The Bertz CT molecular complexity index is 356. The molecule has 1 heterocycles. The second-order valence-electron chi connectivity index (χ2n) is 6.01. The lowest BCUT2D eigenvalue weighted by Crippen LogP contribution is -2.38. The molecule has 1 saturated heterocycles. The van der Waals surface area contributed by atoms with Gasteiger partial charge in [0.2, 0.25) is 0 Å². The summed E-state index contributed by atoms with van der Waals surface area (Å²) >= 11 is 0. The zero-order chi connectivity index (χ0) is 9.62. The molecule has 1 aliphatic heterocycles. The van der Waals surface area contributed by atoms with Crippen LogP contribution in [0.1, 0.15) is 12.8 Å². The molecule has 1 spiro atoms. The maximum Gasteiger partial charge on any atom is 0.172 e. The molecule has 0 aromatic heterocycles. The minimum absolute atomic E-state index is 0.145. The summed E-state index contributed by atoms with van der Waals surface area (Å²) in [4.78, 5) is 0. The number of rotatable bonds is 0. The van der Waals surface area contributed by atoms with Crippen LogP contribution in [0.2, 0.25) is 0 Å². The van der Waals surface area contributed by atoms with E-state index in [1.165, 1.54) is 12.8 Å². The standard InChI is InChI=1S/C13H16O2/c1-2-8-9-5-10-11(7(1)9)6-13(12(8)10)14-3-4-15-13/h1-2,7-12H,3-6H2/t7-,8+,9-,10+,11-,12+/m0/s1. The van der Waals surface area contributed by atoms with E-state index in [4.69, 9.17) is 9.47 Å². The van der Waals surface area contributed by atoms with Gasteiger partial charge in [-0.2, -0.15) is 0 Å². The van der Waals surface area contributed by atoms with E-state index in [1.807, 2.05) is 0 Å². The van der Waals surface area contributed by atoms with Crippen molar-refractivity contribution in [1.82, 2.24) is 0 Å². The van der Waals surface area contributed by atoms with Gasteiger partial charge in [0.15, 0.2) is 5.79 Å². The Morgan fingerprint density at radius 3 is 2.60 bits per heavy atom. The zero-order valence-electron chi connectivity index (χ0n) is 8.76. The monoisotopic (exact) mass is 204 g/mol. The van der Waals surface area contributed by atoms with Crippen molar-refractivity contribution in [2.45, 2.75) is 18.6 Å². The molecule has 2 heteroatoms. The van der Waals surface area contributed by atoms with E-state index in [0.717, 1.165) is 42.8 Å². The summed E-state index contributed by atoms with van der Waals surface area (Å²) in [6.07, 6.45) is 7.62. The summed E-state index contributed by atoms with van der Waals surface area (Å²) < 4.78 is 12.0. The average Bonchev–Trinajstić information content (AvgIpc) is 2.91. The molecule has 2 bridgehead atoms. The minimum Gasteiger partial charge on any atom is -0.347 e. The highest BCUT2D eigenvalue weighted by Gasteiger charge is 2.71. The molecule has 4 aliphatic carbocycles. The van der Waals surface area contributed by atoms with Crippen LogP contribution in [-0.2, 0) is 9.47 Å².